The van der Waals surface area contributed by atoms with E-state index in [1.54, 1.807) is 26.8 Å². The number of ether oxygens (including phenoxy) is 3. The van der Waals surface area contributed by atoms with Crippen LogP contribution in [0.25, 0.3) is 0 Å². The number of benzene rings is 1. The largest absolute Gasteiger partial charge is 0.489 e. The summed E-state index contributed by atoms with van der Waals surface area (Å²) in [4.78, 5) is 23.8. The average Bonchev–Trinajstić information content (AvgIpc) is 2.49. The second-order valence-corrected chi connectivity index (χ2v) is 6.32. The van der Waals surface area contributed by atoms with Gasteiger partial charge in [-0.25, -0.2) is 14.0 Å². The van der Waals surface area contributed by atoms with E-state index in [1.807, 2.05) is 0 Å². The van der Waals surface area contributed by atoms with Crippen LogP contribution in [0.4, 0.5) is 9.18 Å². The lowest BCUT2D eigenvalue weighted by atomic mass is 10.1. The van der Waals surface area contributed by atoms with E-state index in [1.165, 1.54) is 25.3 Å². The number of hydrogen-bond acceptors (Lipinski definition) is 5. The SMILES string of the molecule is C=CCOc1cc(F)cc(C[C@H](NC(=O)OC(C)(C)C)C(=O)OC)c1. The summed E-state index contributed by atoms with van der Waals surface area (Å²) in [6, 6.07) is 3.04. The summed E-state index contributed by atoms with van der Waals surface area (Å²) in [6.07, 6.45) is 0.794. The van der Waals surface area contributed by atoms with Crippen molar-refractivity contribution in [2.45, 2.75) is 38.8 Å². The fourth-order valence-corrected chi connectivity index (χ4v) is 2.00. The van der Waals surface area contributed by atoms with Crippen LogP contribution in [0, 0.1) is 5.82 Å². The highest BCUT2D eigenvalue weighted by Crippen LogP contribution is 2.18. The van der Waals surface area contributed by atoms with E-state index in [4.69, 9.17) is 14.2 Å². The van der Waals surface area contributed by atoms with Gasteiger partial charge in [0.2, 0.25) is 0 Å². The van der Waals surface area contributed by atoms with Crippen molar-refractivity contribution in [1.82, 2.24) is 5.32 Å². The zero-order chi connectivity index (χ0) is 19.0. The Morgan fingerprint density at radius 3 is 2.56 bits per heavy atom. The van der Waals surface area contributed by atoms with Crippen molar-refractivity contribution in [3.05, 3.63) is 42.2 Å². The zero-order valence-corrected chi connectivity index (χ0v) is 14.9. The number of rotatable bonds is 7. The molecule has 0 saturated heterocycles. The number of alkyl carbamates (subject to hydrolysis) is 1. The van der Waals surface area contributed by atoms with Crippen molar-refractivity contribution in [2.24, 2.45) is 0 Å². The van der Waals surface area contributed by atoms with Crippen molar-refractivity contribution >= 4 is 12.1 Å². The van der Waals surface area contributed by atoms with Gasteiger partial charge in [-0.2, -0.15) is 0 Å². The standard InChI is InChI=1S/C18H24FNO5/c1-6-7-24-14-9-12(8-13(19)11-14)10-15(16(21)23-5)20-17(22)25-18(2,3)4/h6,8-9,11,15H,1,7,10H2,2-5H3,(H,20,22)/t15-/m0/s1. The molecule has 0 fully saturated rings. The lowest BCUT2D eigenvalue weighted by Crippen LogP contribution is -2.45. The topological polar surface area (TPSA) is 73.9 Å². The minimum atomic E-state index is -1.02. The van der Waals surface area contributed by atoms with Crippen LogP contribution in [0.2, 0.25) is 0 Å². The fraction of sp³-hybridized carbons (Fsp3) is 0.444. The predicted octanol–water partition coefficient (Wildman–Crippen LogP) is 3.00. The van der Waals surface area contributed by atoms with Gasteiger partial charge in [0.1, 0.15) is 29.8 Å². The molecule has 0 saturated carbocycles. The smallest absolute Gasteiger partial charge is 0.408 e. The van der Waals surface area contributed by atoms with E-state index in [-0.39, 0.29) is 13.0 Å². The van der Waals surface area contributed by atoms with E-state index in [2.05, 4.69) is 11.9 Å². The maximum absolute atomic E-state index is 13.7. The molecule has 0 aliphatic carbocycles. The lowest BCUT2D eigenvalue weighted by Gasteiger charge is -2.22. The molecule has 1 atom stereocenters. The third-order valence-corrected chi connectivity index (χ3v) is 2.92. The van der Waals surface area contributed by atoms with Gasteiger partial charge in [-0.05, 0) is 38.5 Å². The van der Waals surface area contributed by atoms with Crippen LogP contribution in [0.5, 0.6) is 5.75 Å². The molecule has 0 heterocycles. The molecule has 0 radical (unpaired) electrons. The number of halogens is 1. The van der Waals surface area contributed by atoms with Gasteiger partial charge in [0, 0.05) is 12.5 Å². The van der Waals surface area contributed by atoms with Crippen molar-refractivity contribution < 1.29 is 28.2 Å². The first-order valence-corrected chi connectivity index (χ1v) is 7.75. The molecule has 0 spiro atoms. The van der Waals surface area contributed by atoms with Crippen LogP contribution in [-0.2, 0) is 20.7 Å². The highest BCUT2D eigenvalue weighted by molar-refractivity contribution is 5.81. The summed E-state index contributed by atoms with van der Waals surface area (Å²) in [7, 11) is 1.20. The van der Waals surface area contributed by atoms with Crippen LogP contribution in [0.3, 0.4) is 0 Å². The van der Waals surface area contributed by atoms with Gasteiger partial charge in [-0.3, -0.25) is 0 Å². The van der Waals surface area contributed by atoms with Gasteiger partial charge < -0.3 is 19.5 Å². The first-order chi connectivity index (χ1) is 11.6. The summed E-state index contributed by atoms with van der Waals surface area (Å²) < 4.78 is 28.9. The maximum atomic E-state index is 13.7. The maximum Gasteiger partial charge on any atom is 0.408 e. The number of methoxy groups -OCH3 is 1. The van der Waals surface area contributed by atoms with E-state index < -0.39 is 29.5 Å². The van der Waals surface area contributed by atoms with E-state index in [0.29, 0.717) is 11.3 Å². The molecule has 1 rings (SSSR count). The van der Waals surface area contributed by atoms with Gasteiger partial charge in [-0.1, -0.05) is 12.7 Å². The number of carbonyl (C=O) groups excluding carboxylic acids is 2. The quantitative estimate of drug-likeness (QED) is 0.602. The average molecular weight is 353 g/mol. The van der Waals surface area contributed by atoms with Crippen molar-refractivity contribution in [3.63, 3.8) is 0 Å². The molecule has 1 amide bonds. The minimum absolute atomic E-state index is 0.0219. The Morgan fingerprint density at radius 2 is 2.00 bits per heavy atom. The molecule has 1 N–H and O–H groups in total. The molecule has 0 aliphatic heterocycles. The molecule has 138 valence electrons. The van der Waals surface area contributed by atoms with Crippen LogP contribution in [-0.4, -0.2) is 37.4 Å². The Hall–Kier alpha value is -2.57. The Labute approximate surface area is 147 Å². The molecule has 1 aromatic rings. The minimum Gasteiger partial charge on any atom is -0.489 e. The summed E-state index contributed by atoms with van der Waals surface area (Å²) >= 11 is 0. The highest BCUT2D eigenvalue weighted by atomic mass is 19.1. The number of amides is 1. The summed E-state index contributed by atoms with van der Waals surface area (Å²) in [5, 5.41) is 2.44. The second-order valence-electron chi connectivity index (χ2n) is 6.32. The van der Waals surface area contributed by atoms with Gasteiger partial charge in [0.05, 0.1) is 7.11 Å². The Kier molecular flexibility index (Phi) is 7.42. The second kappa shape index (κ2) is 9.05. The molecule has 0 aliphatic rings. The molecular formula is C18H24FNO5. The van der Waals surface area contributed by atoms with E-state index in [9.17, 15) is 14.0 Å². The summed E-state index contributed by atoms with van der Waals surface area (Å²) in [6.45, 7) is 8.86. The van der Waals surface area contributed by atoms with Crippen molar-refractivity contribution in [1.29, 1.82) is 0 Å². The molecule has 0 aromatic heterocycles. The third kappa shape index (κ3) is 7.69. The third-order valence-electron chi connectivity index (χ3n) is 2.92. The number of hydrogen-bond donors (Lipinski definition) is 1. The van der Waals surface area contributed by atoms with Gasteiger partial charge in [0.15, 0.2) is 0 Å². The van der Waals surface area contributed by atoms with Gasteiger partial charge in [-0.15, -0.1) is 0 Å². The first-order valence-electron chi connectivity index (χ1n) is 7.75. The van der Waals surface area contributed by atoms with Crippen LogP contribution in [0.15, 0.2) is 30.9 Å². The number of carbonyl (C=O) groups is 2. The molecule has 6 nitrogen and oxygen atoms in total. The van der Waals surface area contributed by atoms with E-state index >= 15 is 0 Å². The normalized spacial score (nSPS) is 12.0. The molecule has 0 unspecified atom stereocenters. The highest BCUT2D eigenvalue weighted by Gasteiger charge is 2.25. The molecule has 0 bridgehead atoms. The first kappa shape index (κ1) is 20.5. The zero-order valence-electron chi connectivity index (χ0n) is 14.9. The van der Waals surface area contributed by atoms with Gasteiger partial charge >= 0.3 is 12.1 Å². The Bertz CT molecular complexity index is 624. The molecule has 25 heavy (non-hydrogen) atoms. The van der Waals surface area contributed by atoms with Crippen LogP contribution >= 0.6 is 0 Å². The predicted molar refractivity (Wildman–Crippen MR) is 91.0 cm³/mol. The van der Waals surface area contributed by atoms with Gasteiger partial charge in [0.25, 0.3) is 0 Å². The van der Waals surface area contributed by atoms with Crippen molar-refractivity contribution in [3.8, 4) is 5.75 Å². The summed E-state index contributed by atoms with van der Waals surface area (Å²) in [5.74, 6) is -0.878. The van der Waals surface area contributed by atoms with E-state index in [0.717, 1.165) is 0 Å². The molecular weight excluding hydrogens is 329 g/mol. The fourth-order valence-electron chi connectivity index (χ4n) is 2.00. The number of nitrogens with one attached hydrogen (secondary N) is 1. The van der Waals surface area contributed by atoms with Crippen molar-refractivity contribution in [2.75, 3.05) is 13.7 Å². The molecule has 7 heteroatoms. The van der Waals surface area contributed by atoms with Crippen LogP contribution < -0.4 is 10.1 Å². The number of esters is 1. The molecule has 1 aromatic carbocycles. The lowest BCUT2D eigenvalue weighted by molar-refractivity contribution is -0.143. The summed E-state index contributed by atoms with van der Waals surface area (Å²) in [5.41, 5.74) is -0.250. The Morgan fingerprint density at radius 1 is 1.32 bits per heavy atom. The monoisotopic (exact) mass is 353 g/mol. The Balaban J connectivity index is 2.91. The van der Waals surface area contributed by atoms with Crippen LogP contribution in [0.1, 0.15) is 26.3 Å².